The largest absolute Gasteiger partial charge is 0.497 e. The number of hydrogen-bond acceptors (Lipinski definition) is 4. The molecule has 1 aliphatic rings. The average Bonchev–Trinajstić information content (AvgIpc) is 3.11. The van der Waals surface area contributed by atoms with Gasteiger partial charge in [0.1, 0.15) is 5.75 Å². The second kappa shape index (κ2) is 6.03. The fourth-order valence-electron chi connectivity index (χ4n) is 2.75. The van der Waals surface area contributed by atoms with Gasteiger partial charge in [0.15, 0.2) is 5.13 Å². The predicted molar refractivity (Wildman–Crippen MR) is 99.0 cm³/mol. The molecule has 1 heterocycles. The molecule has 0 saturated carbocycles. The van der Waals surface area contributed by atoms with E-state index in [0.717, 1.165) is 27.9 Å². The van der Waals surface area contributed by atoms with Gasteiger partial charge in [0.05, 0.1) is 12.8 Å². The van der Waals surface area contributed by atoms with E-state index in [4.69, 9.17) is 4.74 Å². The first-order chi connectivity index (χ1) is 11.6. The molecule has 1 N–H and O–H groups in total. The number of rotatable bonds is 3. The number of nitrogens with one attached hydrogen (secondary N) is 1. The highest BCUT2D eigenvalue weighted by Crippen LogP contribution is 2.42. The number of fused-ring (bicyclic) bond motifs is 3. The monoisotopic (exact) mass is 400 g/mol. The van der Waals surface area contributed by atoms with Crippen molar-refractivity contribution < 1.29 is 9.53 Å². The van der Waals surface area contributed by atoms with Crippen LogP contribution in [-0.2, 0) is 6.42 Å². The molecule has 120 valence electrons. The zero-order valence-electron chi connectivity index (χ0n) is 12.8. The molecule has 2 aromatic carbocycles. The van der Waals surface area contributed by atoms with Gasteiger partial charge in [-0.05, 0) is 48.0 Å². The van der Waals surface area contributed by atoms with Crippen molar-refractivity contribution in [3.05, 3.63) is 62.9 Å². The summed E-state index contributed by atoms with van der Waals surface area (Å²) in [6.07, 6.45) is 0.827. The lowest BCUT2D eigenvalue weighted by atomic mass is 10.1. The highest BCUT2D eigenvalue weighted by Gasteiger charge is 2.24. The lowest BCUT2D eigenvalue weighted by molar-refractivity contribution is 0.102. The lowest BCUT2D eigenvalue weighted by Gasteiger charge is -2.04. The molecule has 0 aliphatic heterocycles. The van der Waals surface area contributed by atoms with E-state index in [1.165, 1.54) is 21.8 Å². The Hall–Kier alpha value is -2.18. The van der Waals surface area contributed by atoms with Gasteiger partial charge in [-0.2, -0.15) is 0 Å². The van der Waals surface area contributed by atoms with Gasteiger partial charge in [0.25, 0.3) is 5.91 Å². The Morgan fingerprint density at radius 1 is 1.25 bits per heavy atom. The van der Waals surface area contributed by atoms with Crippen molar-refractivity contribution in [2.75, 3.05) is 12.4 Å². The SMILES string of the molecule is COc1ccc2c(c1)Cc1sc(NC(=O)c3ccc(Br)cc3)nc1-2. The first-order valence-electron chi connectivity index (χ1n) is 7.38. The normalized spacial score (nSPS) is 11.8. The molecule has 0 radical (unpaired) electrons. The summed E-state index contributed by atoms with van der Waals surface area (Å²) in [5, 5.41) is 3.52. The van der Waals surface area contributed by atoms with Crippen LogP contribution in [0.25, 0.3) is 11.3 Å². The molecule has 4 nitrogen and oxygen atoms in total. The van der Waals surface area contributed by atoms with E-state index in [-0.39, 0.29) is 5.91 Å². The number of aromatic nitrogens is 1. The third-order valence-electron chi connectivity index (χ3n) is 3.94. The Morgan fingerprint density at radius 2 is 2.04 bits per heavy atom. The minimum Gasteiger partial charge on any atom is -0.497 e. The van der Waals surface area contributed by atoms with E-state index in [9.17, 15) is 4.79 Å². The van der Waals surface area contributed by atoms with Crippen LogP contribution >= 0.6 is 27.3 Å². The highest BCUT2D eigenvalue weighted by atomic mass is 79.9. The smallest absolute Gasteiger partial charge is 0.257 e. The van der Waals surface area contributed by atoms with Gasteiger partial charge in [-0.3, -0.25) is 10.1 Å². The minimum absolute atomic E-state index is 0.148. The third kappa shape index (κ3) is 2.72. The number of carbonyl (C=O) groups excluding carboxylic acids is 1. The van der Waals surface area contributed by atoms with Crippen LogP contribution in [0.4, 0.5) is 5.13 Å². The van der Waals surface area contributed by atoms with Crippen LogP contribution in [0.15, 0.2) is 46.9 Å². The molecule has 0 bridgehead atoms. The highest BCUT2D eigenvalue weighted by molar-refractivity contribution is 9.10. The Bertz CT molecular complexity index is 935. The number of nitrogens with zero attached hydrogens (tertiary/aromatic N) is 1. The zero-order chi connectivity index (χ0) is 16.7. The standard InChI is InChI=1S/C18H13BrN2O2S/c1-23-13-6-7-14-11(8-13)9-15-16(14)20-18(24-15)21-17(22)10-2-4-12(19)5-3-10/h2-8H,9H2,1H3,(H,20,21,22). The third-order valence-corrected chi connectivity index (χ3v) is 5.44. The summed E-state index contributed by atoms with van der Waals surface area (Å²) in [7, 11) is 1.67. The quantitative estimate of drug-likeness (QED) is 0.540. The number of thiazole rings is 1. The summed E-state index contributed by atoms with van der Waals surface area (Å²) < 4.78 is 6.22. The maximum Gasteiger partial charge on any atom is 0.257 e. The van der Waals surface area contributed by atoms with Gasteiger partial charge in [-0.15, -0.1) is 11.3 Å². The molecule has 4 rings (SSSR count). The molecule has 24 heavy (non-hydrogen) atoms. The topological polar surface area (TPSA) is 51.2 Å². The summed E-state index contributed by atoms with van der Waals surface area (Å²) in [5.41, 5.74) is 3.91. The van der Waals surface area contributed by atoms with E-state index in [1.54, 1.807) is 19.2 Å². The average molecular weight is 401 g/mol. The molecule has 1 aliphatic carbocycles. The molecule has 1 aromatic heterocycles. The Labute approximate surface area is 151 Å². The summed E-state index contributed by atoms with van der Waals surface area (Å²) in [6, 6.07) is 13.3. The fourth-order valence-corrected chi connectivity index (χ4v) is 4.01. The number of halogens is 1. The van der Waals surface area contributed by atoms with Crippen LogP contribution < -0.4 is 10.1 Å². The molecule has 0 atom stereocenters. The summed E-state index contributed by atoms with van der Waals surface area (Å²) >= 11 is 4.89. The lowest BCUT2D eigenvalue weighted by Crippen LogP contribution is -2.11. The Balaban J connectivity index is 1.57. The van der Waals surface area contributed by atoms with E-state index < -0.39 is 0 Å². The second-order valence-corrected chi connectivity index (χ2v) is 7.45. The molecule has 0 spiro atoms. The number of anilines is 1. The maximum atomic E-state index is 12.3. The molecule has 0 fully saturated rings. The first-order valence-corrected chi connectivity index (χ1v) is 8.99. The van der Waals surface area contributed by atoms with Crippen LogP contribution in [0.5, 0.6) is 5.75 Å². The van der Waals surface area contributed by atoms with E-state index in [2.05, 4.69) is 26.2 Å². The van der Waals surface area contributed by atoms with Crippen LogP contribution in [0.3, 0.4) is 0 Å². The molecular formula is C18H13BrN2O2S. The van der Waals surface area contributed by atoms with Crippen molar-refractivity contribution in [2.45, 2.75) is 6.42 Å². The van der Waals surface area contributed by atoms with Gasteiger partial charge >= 0.3 is 0 Å². The van der Waals surface area contributed by atoms with Crippen LogP contribution in [-0.4, -0.2) is 18.0 Å². The summed E-state index contributed by atoms with van der Waals surface area (Å²) in [4.78, 5) is 18.1. The van der Waals surface area contributed by atoms with Crippen molar-refractivity contribution in [1.82, 2.24) is 4.98 Å². The van der Waals surface area contributed by atoms with Crippen molar-refractivity contribution >= 4 is 38.3 Å². The van der Waals surface area contributed by atoms with E-state index >= 15 is 0 Å². The molecule has 3 aromatic rings. The summed E-state index contributed by atoms with van der Waals surface area (Å²) in [5.74, 6) is 0.706. The van der Waals surface area contributed by atoms with Crippen LogP contribution in [0.2, 0.25) is 0 Å². The van der Waals surface area contributed by atoms with Crippen molar-refractivity contribution in [1.29, 1.82) is 0 Å². The van der Waals surface area contributed by atoms with Gasteiger partial charge in [-0.25, -0.2) is 4.98 Å². The summed E-state index contributed by atoms with van der Waals surface area (Å²) in [6.45, 7) is 0. The zero-order valence-corrected chi connectivity index (χ0v) is 15.2. The number of amides is 1. The predicted octanol–water partition coefficient (Wildman–Crippen LogP) is 4.74. The maximum absolute atomic E-state index is 12.3. The molecule has 0 unspecified atom stereocenters. The second-order valence-electron chi connectivity index (χ2n) is 5.45. The van der Waals surface area contributed by atoms with Crippen molar-refractivity contribution in [2.24, 2.45) is 0 Å². The van der Waals surface area contributed by atoms with E-state index in [0.29, 0.717) is 10.7 Å². The fraction of sp³-hybridized carbons (Fsp3) is 0.111. The Kier molecular flexibility index (Phi) is 3.86. The van der Waals surface area contributed by atoms with Crippen LogP contribution in [0.1, 0.15) is 20.8 Å². The van der Waals surface area contributed by atoms with Crippen molar-refractivity contribution in [3.63, 3.8) is 0 Å². The van der Waals surface area contributed by atoms with Crippen LogP contribution in [0, 0.1) is 0 Å². The molecular weight excluding hydrogens is 388 g/mol. The number of methoxy groups -OCH3 is 1. The van der Waals surface area contributed by atoms with E-state index in [1.807, 2.05) is 30.3 Å². The first kappa shape index (κ1) is 15.4. The van der Waals surface area contributed by atoms with Gasteiger partial charge in [0, 0.05) is 26.9 Å². The Morgan fingerprint density at radius 3 is 2.79 bits per heavy atom. The molecule has 6 heteroatoms. The number of carbonyl (C=O) groups is 1. The van der Waals surface area contributed by atoms with Gasteiger partial charge < -0.3 is 4.74 Å². The minimum atomic E-state index is -0.148. The number of ether oxygens (including phenoxy) is 1. The van der Waals surface area contributed by atoms with Gasteiger partial charge in [0.2, 0.25) is 0 Å². The molecule has 0 saturated heterocycles. The number of benzene rings is 2. The number of hydrogen-bond donors (Lipinski definition) is 1. The molecule has 1 amide bonds. The van der Waals surface area contributed by atoms with Gasteiger partial charge in [-0.1, -0.05) is 15.9 Å². The van der Waals surface area contributed by atoms with Crippen molar-refractivity contribution in [3.8, 4) is 17.0 Å².